The van der Waals surface area contributed by atoms with Gasteiger partial charge >= 0.3 is 20.9 Å². The lowest BCUT2D eigenvalue weighted by Gasteiger charge is -2.18. The summed E-state index contributed by atoms with van der Waals surface area (Å²) in [6.45, 7) is -0.581. The van der Waals surface area contributed by atoms with E-state index in [1.165, 1.54) is 12.3 Å². The van der Waals surface area contributed by atoms with Gasteiger partial charge in [0.15, 0.2) is 5.90 Å². The van der Waals surface area contributed by atoms with Crippen molar-refractivity contribution in [1.82, 2.24) is 9.55 Å². The molecule has 4 atom stereocenters. The predicted molar refractivity (Wildman–Crippen MR) is 80.1 cm³/mol. The van der Waals surface area contributed by atoms with E-state index in [9.17, 15) is 23.9 Å². The topological polar surface area (TPSA) is 194 Å². The minimum atomic E-state index is -4.74. The van der Waals surface area contributed by atoms with Gasteiger partial charge in [0.2, 0.25) is 0 Å². The molecule has 2 rings (SSSR count). The van der Waals surface area contributed by atoms with Gasteiger partial charge < -0.3 is 34.8 Å². The van der Waals surface area contributed by atoms with Crippen LogP contribution in [0.15, 0.2) is 17.1 Å². The van der Waals surface area contributed by atoms with Crippen LogP contribution in [-0.2, 0) is 18.4 Å². The van der Waals surface area contributed by atoms with Crippen LogP contribution in [0.25, 0.3) is 0 Å². The summed E-state index contributed by atoms with van der Waals surface area (Å²) in [6, 6.07) is 1.36. The molecule has 2 heterocycles. The average Bonchev–Trinajstić information content (AvgIpc) is 2.75. The van der Waals surface area contributed by atoms with Crippen molar-refractivity contribution in [2.75, 3.05) is 18.2 Å². The number of ether oxygens (including phenoxy) is 1. The highest BCUT2D eigenvalue weighted by Gasteiger charge is 2.38. The van der Waals surface area contributed by atoms with Crippen molar-refractivity contribution in [3.8, 4) is 0 Å². The number of nitrogens with two attached hydrogens (primary N) is 1. The van der Waals surface area contributed by atoms with Crippen LogP contribution in [0, 0.1) is 0 Å². The van der Waals surface area contributed by atoms with E-state index in [0.717, 1.165) is 4.57 Å². The number of nitrogen functional groups attached to an aromatic ring is 1. The lowest BCUT2D eigenvalue weighted by molar-refractivity contribution is -0.0422. The summed E-state index contributed by atoms with van der Waals surface area (Å²) in [6.07, 6.45) is -1.73. The van der Waals surface area contributed by atoms with Crippen molar-refractivity contribution >= 4 is 21.0 Å². The van der Waals surface area contributed by atoms with Crippen LogP contribution in [0.2, 0.25) is 0 Å². The third-order valence-electron chi connectivity index (χ3n) is 3.17. The van der Waals surface area contributed by atoms with Crippen molar-refractivity contribution in [3.63, 3.8) is 0 Å². The van der Waals surface area contributed by atoms with E-state index in [-0.39, 0.29) is 12.2 Å². The standard InChI is InChI=1S/C10H17N3O9P2/c11-8-1-2-13(10(15)12-8)9-3-6(14)7(22-9)4-21-24(19,20)5-23(16,17)18/h1-2,6-7,9,14H,3-5H2,(H,19,20)(H2,11,12,15)(H2,16,17,18)/t6?,7-,9-/m1/s1. The molecule has 0 radical (unpaired) electrons. The van der Waals surface area contributed by atoms with E-state index in [0.29, 0.717) is 0 Å². The molecule has 2 unspecified atom stereocenters. The smallest absolute Gasteiger partial charge is 0.351 e. The van der Waals surface area contributed by atoms with Crippen molar-refractivity contribution < 1.29 is 38.2 Å². The highest BCUT2D eigenvalue weighted by molar-refractivity contribution is 7.70. The minimum absolute atomic E-state index is 0.00620. The van der Waals surface area contributed by atoms with E-state index in [1.54, 1.807) is 0 Å². The Morgan fingerprint density at radius 2 is 2.08 bits per heavy atom. The zero-order valence-electron chi connectivity index (χ0n) is 12.2. The summed E-state index contributed by atoms with van der Waals surface area (Å²) in [5, 5.41) is 9.91. The fourth-order valence-electron chi connectivity index (χ4n) is 2.14. The van der Waals surface area contributed by atoms with Crippen LogP contribution in [0.4, 0.5) is 5.82 Å². The molecule has 136 valence electrons. The second-order valence-corrected chi connectivity index (χ2v) is 9.21. The van der Waals surface area contributed by atoms with Gasteiger partial charge in [-0.3, -0.25) is 13.7 Å². The van der Waals surface area contributed by atoms with Crippen LogP contribution in [-0.4, -0.2) is 54.1 Å². The first kappa shape index (κ1) is 19.2. The summed E-state index contributed by atoms with van der Waals surface area (Å²) in [7, 11) is -9.29. The molecule has 1 saturated heterocycles. The zero-order chi connectivity index (χ0) is 18.1. The van der Waals surface area contributed by atoms with Gasteiger partial charge in [-0.2, -0.15) is 4.98 Å². The van der Waals surface area contributed by atoms with Crippen molar-refractivity contribution in [1.29, 1.82) is 0 Å². The lowest BCUT2D eigenvalue weighted by atomic mass is 10.2. The molecule has 6 N–H and O–H groups in total. The van der Waals surface area contributed by atoms with Gasteiger partial charge in [-0.1, -0.05) is 0 Å². The normalized spacial score (nSPS) is 27.1. The summed E-state index contributed by atoms with van der Waals surface area (Å²) in [5.41, 5.74) is 4.68. The van der Waals surface area contributed by atoms with Crippen molar-refractivity contribution in [2.24, 2.45) is 0 Å². The number of hydrogen-bond donors (Lipinski definition) is 5. The van der Waals surface area contributed by atoms with Gasteiger partial charge in [-0.05, 0) is 6.07 Å². The first-order valence-electron chi connectivity index (χ1n) is 6.66. The molecule has 12 nitrogen and oxygen atoms in total. The maximum absolute atomic E-state index is 11.7. The maximum atomic E-state index is 11.7. The fraction of sp³-hybridized carbons (Fsp3) is 0.600. The number of aromatic nitrogens is 2. The molecule has 14 heteroatoms. The first-order valence-corrected chi connectivity index (χ1v) is 10.2. The second-order valence-electron chi connectivity index (χ2n) is 5.21. The Morgan fingerprint density at radius 3 is 2.67 bits per heavy atom. The van der Waals surface area contributed by atoms with Crippen LogP contribution in [0.3, 0.4) is 0 Å². The molecule has 24 heavy (non-hydrogen) atoms. The number of rotatable bonds is 6. The van der Waals surface area contributed by atoms with Crippen LogP contribution >= 0.6 is 15.2 Å². The molecule has 0 bridgehead atoms. The Morgan fingerprint density at radius 1 is 1.42 bits per heavy atom. The maximum Gasteiger partial charge on any atom is 0.351 e. The Balaban J connectivity index is 2.00. The summed E-state index contributed by atoms with van der Waals surface area (Å²) < 4.78 is 33.4. The summed E-state index contributed by atoms with van der Waals surface area (Å²) in [5.74, 6) is -1.32. The molecule has 0 aliphatic carbocycles. The number of aliphatic hydroxyl groups excluding tert-OH is 1. The van der Waals surface area contributed by atoms with Gasteiger partial charge in [0.25, 0.3) is 0 Å². The molecule has 0 saturated carbocycles. The molecule has 1 aromatic heterocycles. The molecule has 0 aromatic carbocycles. The number of nitrogens with zero attached hydrogens (tertiary/aromatic N) is 2. The van der Waals surface area contributed by atoms with Gasteiger partial charge in [0.1, 0.15) is 18.1 Å². The lowest BCUT2D eigenvalue weighted by Crippen LogP contribution is -2.28. The van der Waals surface area contributed by atoms with Crippen LogP contribution in [0.5, 0.6) is 0 Å². The van der Waals surface area contributed by atoms with E-state index >= 15 is 0 Å². The largest absolute Gasteiger partial charge is 0.390 e. The van der Waals surface area contributed by atoms with Gasteiger partial charge in [0, 0.05) is 12.6 Å². The van der Waals surface area contributed by atoms with Crippen LogP contribution in [0.1, 0.15) is 12.6 Å². The number of aliphatic hydroxyl groups is 1. The third kappa shape index (κ3) is 5.20. The summed E-state index contributed by atoms with van der Waals surface area (Å²) >= 11 is 0. The van der Waals surface area contributed by atoms with E-state index < -0.39 is 51.8 Å². The Kier molecular flexibility index (Phi) is 5.63. The molecule has 0 spiro atoms. The van der Waals surface area contributed by atoms with E-state index in [4.69, 9.17) is 20.3 Å². The average molecular weight is 385 g/mol. The molecule has 1 aliphatic rings. The molecule has 1 aliphatic heterocycles. The number of anilines is 1. The third-order valence-corrected chi connectivity index (χ3v) is 6.63. The Bertz CT molecular complexity index is 747. The first-order chi connectivity index (χ1) is 11.0. The number of hydrogen-bond acceptors (Lipinski definition) is 8. The highest BCUT2D eigenvalue weighted by atomic mass is 31.2. The highest BCUT2D eigenvalue weighted by Crippen LogP contribution is 2.55. The fourth-order valence-corrected chi connectivity index (χ4v) is 4.71. The molecular formula is C10H17N3O9P2. The molecule has 1 fully saturated rings. The second kappa shape index (κ2) is 7.03. The Labute approximate surface area is 135 Å². The molecule has 0 amide bonds. The van der Waals surface area contributed by atoms with E-state index in [1.807, 2.05) is 0 Å². The van der Waals surface area contributed by atoms with Crippen LogP contribution < -0.4 is 11.4 Å². The summed E-state index contributed by atoms with van der Waals surface area (Å²) in [4.78, 5) is 42.0. The quantitative estimate of drug-likeness (QED) is 0.369. The zero-order valence-corrected chi connectivity index (χ0v) is 14.0. The van der Waals surface area contributed by atoms with E-state index in [2.05, 4.69) is 9.51 Å². The van der Waals surface area contributed by atoms with Gasteiger partial charge in [-0.25, -0.2) is 4.79 Å². The SMILES string of the molecule is Nc1ccn([C@H]2CC(O)[C@@H](COP(=O)(O)CP(=O)(O)O)O2)c(=O)n1. The monoisotopic (exact) mass is 385 g/mol. The van der Waals surface area contributed by atoms with Gasteiger partial charge in [0.05, 0.1) is 12.7 Å². The van der Waals surface area contributed by atoms with Gasteiger partial charge in [-0.15, -0.1) is 0 Å². The van der Waals surface area contributed by atoms with Crippen molar-refractivity contribution in [3.05, 3.63) is 22.7 Å². The van der Waals surface area contributed by atoms with Crippen molar-refractivity contribution in [2.45, 2.75) is 24.9 Å². The molecule has 1 aromatic rings. The predicted octanol–water partition coefficient (Wildman–Crippen LogP) is -1.19. The minimum Gasteiger partial charge on any atom is -0.390 e. The Hall–Kier alpha value is -1.10. The molecular weight excluding hydrogens is 368 g/mol.